The van der Waals surface area contributed by atoms with Crippen LogP contribution in [0.4, 0.5) is 0 Å². The minimum atomic E-state index is -2.01. The van der Waals surface area contributed by atoms with Crippen LogP contribution in [0, 0.1) is 5.92 Å². The molecule has 2 heterocycles. The van der Waals surface area contributed by atoms with Crippen molar-refractivity contribution in [3.63, 3.8) is 0 Å². The molecule has 0 aliphatic heterocycles. The van der Waals surface area contributed by atoms with Gasteiger partial charge in [0, 0.05) is 60.0 Å². The first kappa shape index (κ1) is 65.8. The maximum atomic E-state index is 14.6. The summed E-state index contributed by atoms with van der Waals surface area (Å²) in [5, 5.41) is 57.5. The second-order valence-electron chi connectivity index (χ2n) is 19.5. The third kappa shape index (κ3) is 20.7. The van der Waals surface area contributed by atoms with Gasteiger partial charge in [-0.15, -0.1) is 0 Å². The van der Waals surface area contributed by atoms with Gasteiger partial charge in [-0.2, -0.15) is 11.8 Å². The number of aromatic amines is 2. The first-order chi connectivity index (χ1) is 38.9. The Morgan fingerprint density at radius 3 is 1.46 bits per heavy atom. The molecule has 0 unspecified atom stereocenters. The first-order valence-corrected chi connectivity index (χ1v) is 27.7. The van der Waals surface area contributed by atoms with Gasteiger partial charge in [-0.1, -0.05) is 56.7 Å². The molecule has 0 spiro atoms. The number of aliphatic imine (C=N–C) groups is 1. The number of amides is 7. The smallest absolute Gasteiger partial charge is 0.326 e. The van der Waals surface area contributed by atoms with Crippen LogP contribution in [-0.2, 0) is 65.6 Å². The van der Waals surface area contributed by atoms with Gasteiger partial charge in [0.15, 0.2) is 5.96 Å². The number of benzene rings is 2. The number of aromatic nitrogens is 2. The van der Waals surface area contributed by atoms with Crippen LogP contribution in [0.25, 0.3) is 21.8 Å². The second-order valence-corrected chi connectivity index (χ2v) is 20.5. The fourth-order valence-corrected chi connectivity index (χ4v) is 9.14. The van der Waals surface area contributed by atoms with E-state index in [1.165, 1.54) is 18.0 Å². The van der Waals surface area contributed by atoms with E-state index < -0.39 is 152 Å². The summed E-state index contributed by atoms with van der Waals surface area (Å²) in [6.45, 7) is 3.12. The minimum Gasteiger partial charge on any atom is -0.481 e. The van der Waals surface area contributed by atoms with E-state index in [0.717, 1.165) is 16.5 Å². The molecule has 2 aromatic heterocycles. The van der Waals surface area contributed by atoms with E-state index >= 15 is 0 Å². The number of carboxylic acids is 4. The topological polar surface area (TPSA) is 475 Å². The van der Waals surface area contributed by atoms with Crippen molar-refractivity contribution in [2.24, 2.45) is 28.1 Å². The Hall–Kier alpha value is -8.73. The van der Waals surface area contributed by atoms with Crippen LogP contribution >= 0.6 is 11.8 Å². The molecule has 28 nitrogen and oxygen atoms in total. The summed E-state index contributed by atoms with van der Waals surface area (Å²) < 4.78 is 0. The molecule has 4 rings (SSSR count). The van der Waals surface area contributed by atoms with Crippen molar-refractivity contribution in [2.75, 3.05) is 18.6 Å². The number of hydrogen-bond donors (Lipinski definition) is 16. The molecule has 0 bridgehead atoms. The van der Waals surface area contributed by atoms with Gasteiger partial charge >= 0.3 is 23.9 Å². The summed E-state index contributed by atoms with van der Waals surface area (Å²) in [5.74, 6) is -13.6. The maximum absolute atomic E-state index is 14.6. The SMILES string of the molecule is CC[C@H](C)[C@H](NC(=O)[C@H](CCC(=O)O)NC(=O)[C@H](CCCN=C(N)N)NC(=O)[C@H](CC(=O)O)NC(=O)[C@H](Cc1c[nH]c2ccccc12)NC(=O)[C@H](CCC(=O)O)NC(=O)[C@H](CCSC)NC(=O)[C@@H](N)Cc1c[nH]c2ccccc12)C(=O)O. The maximum Gasteiger partial charge on any atom is 0.326 e. The van der Waals surface area contributed by atoms with Crippen LogP contribution < -0.4 is 54.4 Å². The lowest BCUT2D eigenvalue weighted by molar-refractivity contribution is -0.144. The Balaban J connectivity index is 1.65. The predicted octanol–water partition coefficient (Wildman–Crippen LogP) is -0.703. The molecule has 0 saturated heterocycles. The molecule has 0 fully saturated rings. The van der Waals surface area contributed by atoms with E-state index in [-0.39, 0.29) is 44.6 Å². The van der Waals surface area contributed by atoms with E-state index in [4.69, 9.17) is 17.2 Å². The molecule has 7 amide bonds. The van der Waals surface area contributed by atoms with Gasteiger partial charge in [-0.05, 0) is 79.7 Å². The molecule has 19 N–H and O–H groups in total. The van der Waals surface area contributed by atoms with E-state index in [0.29, 0.717) is 28.6 Å². The largest absolute Gasteiger partial charge is 0.481 e. The molecule has 0 aliphatic rings. The lowest BCUT2D eigenvalue weighted by Gasteiger charge is -2.28. The monoisotopic (exact) mass is 1160 g/mol. The number of nitrogens with zero attached hydrogens (tertiary/aromatic N) is 1. The molecule has 0 radical (unpaired) electrons. The minimum absolute atomic E-state index is 0.0321. The summed E-state index contributed by atoms with van der Waals surface area (Å²) in [5.41, 5.74) is 19.9. The number of carbonyl (C=O) groups excluding carboxylic acids is 7. The normalized spacial score (nSPS) is 14.4. The van der Waals surface area contributed by atoms with Crippen molar-refractivity contribution in [1.29, 1.82) is 0 Å². The number of H-pyrrole nitrogens is 2. The highest BCUT2D eigenvalue weighted by Crippen LogP contribution is 2.21. The average Bonchev–Trinajstić information content (AvgIpc) is 4.10. The molecule has 29 heteroatoms. The summed E-state index contributed by atoms with van der Waals surface area (Å²) >= 11 is 1.35. The molecule has 82 heavy (non-hydrogen) atoms. The number of carbonyl (C=O) groups is 11. The number of carboxylic acid groups (broad SMARTS) is 4. The van der Waals surface area contributed by atoms with E-state index in [9.17, 15) is 73.2 Å². The third-order valence-electron chi connectivity index (χ3n) is 13.4. The van der Waals surface area contributed by atoms with Gasteiger partial charge in [0.05, 0.1) is 12.5 Å². The van der Waals surface area contributed by atoms with Crippen molar-refractivity contribution < 1.29 is 73.2 Å². The number of thioether (sulfide) groups is 1. The number of rotatable bonds is 36. The Morgan fingerprint density at radius 2 is 0.988 bits per heavy atom. The fraction of sp³-hybridized carbons (Fsp3) is 0.472. The van der Waals surface area contributed by atoms with Gasteiger partial charge in [-0.25, -0.2) is 4.79 Å². The Morgan fingerprint density at radius 1 is 0.561 bits per heavy atom. The van der Waals surface area contributed by atoms with Crippen molar-refractivity contribution in [3.8, 4) is 0 Å². The zero-order chi connectivity index (χ0) is 60.6. The third-order valence-corrected chi connectivity index (χ3v) is 14.0. The van der Waals surface area contributed by atoms with Crippen molar-refractivity contribution in [2.45, 2.75) is 133 Å². The van der Waals surface area contributed by atoms with Crippen molar-refractivity contribution in [3.05, 3.63) is 72.1 Å². The highest BCUT2D eigenvalue weighted by molar-refractivity contribution is 7.98. The standard InChI is InChI=1S/C53H73N13O15S/c1-4-27(2)44(52(80)81)66-49(77)37(16-18-42(69)70)63-46(74)35(14-9-20-57-53(55)56)61-51(79)40(24-43(71)72)65-50(78)39(23-29-26-59-34-13-8-6-11-31(29)34)64-47(75)36(15-17-41(67)68)62-48(76)38(19-21-82-3)60-45(73)32(54)22-28-25-58-33-12-7-5-10-30(28)33/h5-8,10-13,25-27,32,35-40,44,58-59H,4,9,14-24,54H2,1-3H3,(H,60,73)(H,61,79)(H,62,76)(H,63,74)(H,64,75)(H,65,78)(H,66,77)(H,67,68)(H,69,70)(H,71,72)(H,80,81)(H4,55,56,57)/t27-,32-,35-,36-,37-,38-,39-,40-,44-/m0/s1. The summed E-state index contributed by atoms with van der Waals surface area (Å²) in [6, 6.07) is 1.68. The average molecular weight is 1160 g/mol. The van der Waals surface area contributed by atoms with E-state index in [1.54, 1.807) is 50.6 Å². The zero-order valence-corrected chi connectivity index (χ0v) is 46.3. The van der Waals surface area contributed by atoms with Gasteiger partial charge in [0.2, 0.25) is 41.4 Å². The van der Waals surface area contributed by atoms with Gasteiger partial charge in [0.1, 0.15) is 42.3 Å². The number of guanidine groups is 1. The zero-order valence-electron chi connectivity index (χ0n) is 45.5. The van der Waals surface area contributed by atoms with Crippen LogP contribution in [0.15, 0.2) is 65.9 Å². The number of nitrogens with two attached hydrogens (primary N) is 3. The highest BCUT2D eigenvalue weighted by atomic mass is 32.2. The molecule has 2 aromatic carbocycles. The molecule has 9 atom stereocenters. The highest BCUT2D eigenvalue weighted by Gasteiger charge is 2.36. The molecule has 0 saturated carbocycles. The Labute approximate surface area is 475 Å². The first-order valence-electron chi connectivity index (χ1n) is 26.3. The molecule has 446 valence electrons. The summed E-state index contributed by atoms with van der Waals surface area (Å²) in [7, 11) is 0. The fourth-order valence-electron chi connectivity index (χ4n) is 8.67. The van der Waals surface area contributed by atoms with Gasteiger partial charge < -0.3 is 84.8 Å². The predicted molar refractivity (Wildman–Crippen MR) is 301 cm³/mol. The number of fused-ring (bicyclic) bond motifs is 2. The quantitative estimate of drug-likeness (QED) is 0.0152. The lowest BCUT2D eigenvalue weighted by Crippen LogP contribution is -2.60. The van der Waals surface area contributed by atoms with Gasteiger partial charge in [0.25, 0.3) is 0 Å². The molecular formula is C53H73N13O15S. The van der Waals surface area contributed by atoms with Crippen molar-refractivity contribution in [1.82, 2.24) is 47.2 Å². The van der Waals surface area contributed by atoms with Crippen LogP contribution in [0.2, 0.25) is 0 Å². The lowest BCUT2D eigenvalue weighted by atomic mass is 9.98. The van der Waals surface area contributed by atoms with Crippen LogP contribution in [0.1, 0.15) is 82.8 Å². The summed E-state index contributed by atoms with van der Waals surface area (Å²) in [6.07, 6.45) is 1.28. The number of nitrogens with one attached hydrogen (secondary N) is 9. The number of para-hydroxylation sites is 2. The van der Waals surface area contributed by atoms with E-state index in [2.05, 4.69) is 52.2 Å². The molecule has 4 aromatic rings. The Kier molecular flexibility index (Phi) is 26.1. The van der Waals surface area contributed by atoms with E-state index in [1.807, 2.05) is 24.3 Å². The molecule has 0 aliphatic carbocycles. The van der Waals surface area contributed by atoms with Crippen molar-refractivity contribution >= 4 is 105 Å². The van der Waals surface area contributed by atoms with Gasteiger partial charge in [-0.3, -0.25) is 52.9 Å². The second kappa shape index (κ2) is 32.5. The van der Waals surface area contributed by atoms with Crippen LogP contribution in [-0.4, -0.2) is 168 Å². The van der Waals surface area contributed by atoms with Crippen LogP contribution in [0.5, 0.6) is 0 Å². The number of hydrogen-bond acceptors (Lipinski definition) is 14. The van der Waals surface area contributed by atoms with Crippen LogP contribution in [0.3, 0.4) is 0 Å². The Bertz CT molecular complexity index is 2940. The molecular weight excluding hydrogens is 1090 g/mol. The number of aliphatic carboxylic acids is 4. The summed E-state index contributed by atoms with van der Waals surface area (Å²) in [4.78, 5) is 157.